The largest absolute Gasteiger partial charge is 0.507 e. The number of carbonyl (C=O) groups is 2. The van der Waals surface area contributed by atoms with Gasteiger partial charge in [0.15, 0.2) is 5.78 Å². The fourth-order valence-electron chi connectivity index (χ4n) is 3.25. The predicted octanol–water partition coefficient (Wildman–Crippen LogP) is 2.98. The first-order valence-electron chi connectivity index (χ1n) is 9.05. The lowest BCUT2D eigenvalue weighted by Crippen LogP contribution is -2.30. The molecule has 3 rings (SSSR count). The average Bonchev–Trinajstić information content (AvgIpc) is 2.94. The Hall–Kier alpha value is -2.74. The Balaban J connectivity index is 0.00000300. The maximum absolute atomic E-state index is 12.9. The van der Waals surface area contributed by atoms with Gasteiger partial charge in [-0.1, -0.05) is 6.07 Å². The van der Waals surface area contributed by atoms with Gasteiger partial charge in [-0.15, -0.1) is 17.0 Å². The highest BCUT2D eigenvalue weighted by Gasteiger charge is 2.27. The summed E-state index contributed by atoms with van der Waals surface area (Å²) in [5.74, 6) is 0.0636. The second-order valence-electron chi connectivity index (χ2n) is 7.26. The molecule has 154 valence electrons. The molecule has 0 saturated carbocycles. The number of nitrogens with one attached hydrogen (secondary N) is 1. The van der Waals surface area contributed by atoms with Crippen molar-refractivity contribution in [1.82, 2.24) is 14.8 Å². The molecule has 1 aromatic heterocycles. The molecule has 2 N–H and O–H groups in total. The Labute approximate surface area is 180 Å². The number of aromatic nitrogens is 1. The van der Waals surface area contributed by atoms with Crippen molar-refractivity contribution >= 4 is 34.5 Å². The van der Waals surface area contributed by atoms with Gasteiger partial charge in [-0.25, -0.2) is 4.98 Å². The van der Waals surface area contributed by atoms with E-state index >= 15 is 0 Å². The number of fused-ring (bicyclic) bond motifs is 1. The van der Waals surface area contributed by atoms with Gasteiger partial charge in [-0.3, -0.25) is 15.0 Å². The third-order valence-electron chi connectivity index (χ3n) is 5.00. The highest BCUT2D eigenvalue weighted by Crippen LogP contribution is 2.27. The number of aromatic hydroxyl groups is 1. The van der Waals surface area contributed by atoms with Crippen LogP contribution < -0.4 is 0 Å². The van der Waals surface area contributed by atoms with E-state index in [1.54, 1.807) is 31.0 Å². The van der Waals surface area contributed by atoms with Crippen LogP contribution in [0.1, 0.15) is 45.4 Å². The van der Waals surface area contributed by atoms with Gasteiger partial charge in [-0.2, -0.15) is 0 Å². The Morgan fingerprint density at radius 3 is 2.62 bits per heavy atom. The second kappa shape index (κ2) is 8.73. The van der Waals surface area contributed by atoms with E-state index in [1.807, 2.05) is 19.1 Å². The summed E-state index contributed by atoms with van der Waals surface area (Å²) in [5, 5.41) is 18.6. The van der Waals surface area contributed by atoms with Gasteiger partial charge in [0.05, 0.1) is 6.54 Å². The highest BCUT2D eigenvalue weighted by molar-refractivity contribution is 8.93. The highest BCUT2D eigenvalue weighted by atomic mass is 79.9. The first kappa shape index (κ1) is 22.5. The Morgan fingerprint density at radius 2 is 1.97 bits per heavy atom. The van der Waals surface area contributed by atoms with Crippen LogP contribution in [0.15, 0.2) is 24.3 Å². The van der Waals surface area contributed by atoms with Crippen molar-refractivity contribution < 1.29 is 14.7 Å². The van der Waals surface area contributed by atoms with E-state index < -0.39 is 0 Å². The number of aryl methyl sites for hydroxylation is 2. The number of halogens is 1. The number of carbonyl (C=O) groups excluding carboxylic acids is 2. The molecule has 29 heavy (non-hydrogen) atoms. The number of nitrogens with zero attached hydrogens (tertiary/aromatic N) is 3. The number of pyridine rings is 1. The zero-order valence-electron chi connectivity index (χ0n) is 16.9. The molecular weight excluding hydrogens is 436 g/mol. The van der Waals surface area contributed by atoms with Gasteiger partial charge >= 0.3 is 0 Å². The van der Waals surface area contributed by atoms with E-state index in [0.717, 1.165) is 11.3 Å². The predicted molar refractivity (Wildman–Crippen MR) is 116 cm³/mol. The molecule has 1 aliphatic heterocycles. The Morgan fingerprint density at radius 1 is 1.28 bits per heavy atom. The number of hydrogen-bond donors (Lipinski definition) is 2. The third-order valence-corrected chi connectivity index (χ3v) is 5.00. The summed E-state index contributed by atoms with van der Waals surface area (Å²) in [6.45, 7) is 5.80. The summed E-state index contributed by atoms with van der Waals surface area (Å²) in [6, 6.07) is 7.11. The molecule has 0 unspecified atom stereocenters. The molecule has 0 bridgehead atoms. The van der Waals surface area contributed by atoms with Crippen LogP contribution in [-0.4, -0.2) is 51.0 Å². The molecule has 0 spiro atoms. The van der Waals surface area contributed by atoms with Crippen molar-refractivity contribution in [2.24, 2.45) is 0 Å². The van der Waals surface area contributed by atoms with Crippen molar-refractivity contribution in [2.75, 3.05) is 13.6 Å². The monoisotopic (exact) mass is 460 g/mol. The minimum absolute atomic E-state index is 0. The fourth-order valence-corrected chi connectivity index (χ4v) is 3.25. The minimum atomic E-state index is -0.149. The number of phenolic OH excluding ortho intramolecular Hbond substituents is 1. The van der Waals surface area contributed by atoms with Crippen LogP contribution in [0.4, 0.5) is 0 Å². The number of benzene rings is 1. The van der Waals surface area contributed by atoms with Crippen LogP contribution in [-0.2, 0) is 17.9 Å². The molecule has 1 aliphatic rings. The number of hydrogen-bond acceptors (Lipinski definition) is 5. The molecule has 2 aromatic rings. The lowest BCUT2D eigenvalue weighted by Gasteiger charge is -2.19. The molecular formula is C21H25BrN4O3. The zero-order valence-corrected chi connectivity index (χ0v) is 18.7. The molecule has 0 atom stereocenters. The van der Waals surface area contributed by atoms with Gasteiger partial charge in [-0.05, 0) is 37.6 Å². The second-order valence-corrected chi connectivity index (χ2v) is 7.26. The van der Waals surface area contributed by atoms with E-state index in [2.05, 4.69) is 4.98 Å². The summed E-state index contributed by atoms with van der Waals surface area (Å²) < 4.78 is 0. The van der Waals surface area contributed by atoms with Crippen LogP contribution >= 0.6 is 17.0 Å². The first-order chi connectivity index (χ1) is 13.2. The fraction of sp³-hybridized carbons (Fsp3) is 0.333. The van der Waals surface area contributed by atoms with Crippen molar-refractivity contribution in [1.29, 1.82) is 5.41 Å². The minimum Gasteiger partial charge on any atom is -0.507 e. The van der Waals surface area contributed by atoms with Crippen LogP contribution in [0.25, 0.3) is 0 Å². The first-order valence-corrected chi connectivity index (χ1v) is 9.05. The Kier molecular flexibility index (Phi) is 6.79. The molecule has 2 heterocycles. The summed E-state index contributed by atoms with van der Waals surface area (Å²) in [4.78, 5) is 32.0. The molecule has 8 heteroatoms. The molecule has 7 nitrogen and oxygen atoms in total. The standard InChI is InChI=1S/C21H24N4O3.BrH/c1-12-7-16(8-17(20(12)28)9-24(4)14(3)26)18(27)11-25-10-15-6-5-13(2)23-19(15)21(25)22;/h5-8,22,28H,9-11H2,1-4H3;1H. The summed E-state index contributed by atoms with van der Waals surface area (Å²) in [5.41, 5.74) is 3.96. The maximum Gasteiger partial charge on any atom is 0.219 e. The smallest absolute Gasteiger partial charge is 0.219 e. The lowest BCUT2D eigenvalue weighted by molar-refractivity contribution is -0.128. The third kappa shape index (κ3) is 4.64. The topological polar surface area (TPSA) is 97.6 Å². The average molecular weight is 461 g/mol. The summed E-state index contributed by atoms with van der Waals surface area (Å²) >= 11 is 0. The zero-order chi connectivity index (χ0) is 20.6. The van der Waals surface area contributed by atoms with Crippen LogP contribution in [0.5, 0.6) is 5.75 Å². The van der Waals surface area contributed by atoms with E-state index in [0.29, 0.717) is 28.9 Å². The van der Waals surface area contributed by atoms with Gasteiger partial charge in [0.2, 0.25) is 5.91 Å². The molecule has 0 saturated heterocycles. The molecule has 0 radical (unpaired) electrons. The van der Waals surface area contributed by atoms with Crippen LogP contribution in [0.2, 0.25) is 0 Å². The summed E-state index contributed by atoms with van der Waals surface area (Å²) in [6.07, 6.45) is 0. The van der Waals surface area contributed by atoms with Crippen LogP contribution in [0.3, 0.4) is 0 Å². The van der Waals surface area contributed by atoms with Crippen molar-refractivity contribution in [2.45, 2.75) is 33.9 Å². The lowest BCUT2D eigenvalue weighted by atomic mass is 10.0. The summed E-state index contributed by atoms with van der Waals surface area (Å²) in [7, 11) is 1.64. The van der Waals surface area contributed by atoms with E-state index in [4.69, 9.17) is 5.41 Å². The van der Waals surface area contributed by atoms with Gasteiger partial charge in [0, 0.05) is 49.4 Å². The van der Waals surface area contributed by atoms with Crippen LogP contribution in [0, 0.1) is 19.3 Å². The van der Waals surface area contributed by atoms with E-state index in [-0.39, 0.29) is 53.3 Å². The van der Waals surface area contributed by atoms with Crippen molar-refractivity contribution in [3.05, 3.63) is 57.9 Å². The number of ketones is 1. The number of phenols is 1. The molecule has 0 aliphatic carbocycles. The number of amides is 1. The Bertz CT molecular complexity index is 990. The molecule has 1 amide bonds. The number of rotatable bonds is 5. The number of Topliss-reactive ketones (excluding diaryl/α,β-unsaturated/α-hetero) is 1. The van der Waals surface area contributed by atoms with Gasteiger partial charge in [0.25, 0.3) is 0 Å². The van der Waals surface area contributed by atoms with Crippen molar-refractivity contribution in [3.63, 3.8) is 0 Å². The maximum atomic E-state index is 12.9. The van der Waals surface area contributed by atoms with Gasteiger partial charge < -0.3 is 14.9 Å². The van der Waals surface area contributed by atoms with Gasteiger partial charge in [0.1, 0.15) is 17.3 Å². The van der Waals surface area contributed by atoms with Crippen molar-refractivity contribution in [3.8, 4) is 5.75 Å². The van der Waals surface area contributed by atoms with E-state index in [1.165, 1.54) is 11.8 Å². The van der Waals surface area contributed by atoms with E-state index in [9.17, 15) is 14.7 Å². The SMILES string of the molecule is Br.CC(=O)N(C)Cc1cc(C(=O)CN2Cc3ccc(C)nc3C2=N)cc(C)c1O. The quantitative estimate of drug-likeness (QED) is 0.668. The normalized spacial score (nSPS) is 12.4. The molecule has 0 fully saturated rings. The number of amidine groups is 1. The molecule has 1 aromatic carbocycles.